The predicted octanol–water partition coefficient (Wildman–Crippen LogP) is 2.37. The van der Waals surface area contributed by atoms with Gasteiger partial charge in [-0.3, -0.25) is 4.79 Å². The number of ether oxygens (including phenoxy) is 1. The van der Waals surface area contributed by atoms with Crippen molar-refractivity contribution in [3.8, 4) is 0 Å². The topological polar surface area (TPSA) is 118 Å². The van der Waals surface area contributed by atoms with Crippen LogP contribution in [0.5, 0.6) is 0 Å². The Morgan fingerprint density at radius 2 is 1.97 bits per heavy atom. The third-order valence-electron chi connectivity index (χ3n) is 5.43. The largest absolute Gasteiger partial charge is 0.445 e. The molecule has 10 nitrogen and oxygen atoms in total. The lowest BCUT2D eigenvalue weighted by molar-refractivity contribution is 0.102. The first-order valence-corrected chi connectivity index (χ1v) is 10.0. The molecule has 2 fully saturated rings. The van der Waals surface area contributed by atoms with Crippen LogP contribution < -0.4 is 15.5 Å². The van der Waals surface area contributed by atoms with E-state index in [0.717, 1.165) is 31.7 Å². The van der Waals surface area contributed by atoms with Gasteiger partial charge in [-0.15, -0.1) is 0 Å². The summed E-state index contributed by atoms with van der Waals surface area (Å²) >= 11 is 0. The lowest BCUT2D eigenvalue weighted by Gasteiger charge is -2.27. The van der Waals surface area contributed by atoms with Crippen LogP contribution in [0, 0.1) is 6.92 Å². The number of anilines is 3. The molecule has 3 aromatic rings. The number of fused-ring (bicyclic) bond motifs is 1. The molecule has 0 atom stereocenters. The van der Waals surface area contributed by atoms with Crippen LogP contribution in [0.15, 0.2) is 23.1 Å². The van der Waals surface area contributed by atoms with Crippen LogP contribution in [0.1, 0.15) is 35.9 Å². The highest BCUT2D eigenvalue weighted by atomic mass is 16.5. The minimum Gasteiger partial charge on any atom is -0.445 e. The number of hydrogen-bond donors (Lipinski definition) is 2. The average Bonchev–Trinajstić information content (AvgIpc) is 3.31. The van der Waals surface area contributed by atoms with Gasteiger partial charge in [-0.1, -0.05) is 0 Å². The minimum atomic E-state index is -0.348. The monoisotopic (exact) mass is 409 g/mol. The number of carbonyl (C=O) groups is 1. The smallest absolute Gasteiger partial charge is 0.260 e. The Morgan fingerprint density at radius 1 is 1.17 bits per heavy atom. The molecule has 1 saturated carbocycles. The van der Waals surface area contributed by atoms with E-state index < -0.39 is 0 Å². The molecule has 0 spiro atoms. The number of amides is 1. The summed E-state index contributed by atoms with van der Waals surface area (Å²) in [6.07, 6.45) is 6.73. The molecule has 1 amide bonds. The number of aromatic nitrogens is 4. The van der Waals surface area contributed by atoms with Gasteiger partial charge in [0.15, 0.2) is 5.82 Å². The van der Waals surface area contributed by atoms with Crippen molar-refractivity contribution in [2.75, 3.05) is 41.8 Å². The summed E-state index contributed by atoms with van der Waals surface area (Å²) in [6.45, 7) is 6.82. The minimum absolute atomic E-state index is 0.000458. The zero-order chi connectivity index (χ0) is 20.7. The fraction of sp³-hybridized carbons (Fsp3) is 0.450. The summed E-state index contributed by atoms with van der Waals surface area (Å²) in [4.78, 5) is 32.6. The number of carbonyl (C=O) groups excluding carboxylic acids is 1. The highest BCUT2D eigenvalue weighted by molar-refractivity contribution is 6.14. The van der Waals surface area contributed by atoms with E-state index in [0.29, 0.717) is 47.3 Å². The maximum Gasteiger partial charge on any atom is 0.260 e. The number of aryl methyl sites for hydroxylation is 1. The van der Waals surface area contributed by atoms with Gasteiger partial charge in [-0.05, 0) is 26.7 Å². The Hall–Kier alpha value is -3.27. The molecule has 1 saturated heterocycles. The van der Waals surface area contributed by atoms with Crippen molar-refractivity contribution in [2.24, 2.45) is 0 Å². The predicted molar refractivity (Wildman–Crippen MR) is 111 cm³/mol. The molecule has 0 radical (unpaired) electrons. The molecule has 2 N–H and O–H groups in total. The summed E-state index contributed by atoms with van der Waals surface area (Å²) in [5, 5.41) is 6.79. The average molecular weight is 409 g/mol. The third-order valence-corrected chi connectivity index (χ3v) is 5.43. The molecule has 156 valence electrons. The third kappa shape index (κ3) is 3.65. The molecular weight excluding hydrogens is 386 g/mol. The Kier molecular flexibility index (Phi) is 4.50. The van der Waals surface area contributed by atoms with E-state index in [1.165, 1.54) is 6.26 Å². The van der Waals surface area contributed by atoms with Gasteiger partial charge in [0.25, 0.3) is 5.91 Å². The van der Waals surface area contributed by atoms with E-state index in [1.807, 2.05) is 0 Å². The Bertz CT molecular complexity index is 1090. The van der Waals surface area contributed by atoms with Crippen LogP contribution in [-0.4, -0.2) is 57.7 Å². The van der Waals surface area contributed by atoms with Gasteiger partial charge in [0, 0.05) is 18.6 Å². The maximum atomic E-state index is 12.9. The molecule has 0 unspecified atom stereocenters. The van der Waals surface area contributed by atoms with Crippen LogP contribution in [0.2, 0.25) is 0 Å². The molecule has 3 aromatic heterocycles. The molecular formula is C20H23N7O3. The van der Waals surface area contributed by atoms with Gasteiger partial charge in [-0.25, -0.2) is 15.0 Å². The molecule has 1 aliphatic carbocycles. The summed E-state index contributed by atoms with van der Waals surface area (Å²) in [5.41, 5.74) is 0.739. The molecule has 1 aliphatic heterocycles. The van der Waals surface area contributed by atoms with E-state index in [9.17, 15) is 4.79 Å². The summed E-state index contributed by atoms with van der Waals surface area (Å²) in [6, 6.07) is 0. The second kappa shape index (κ2) is 7.21. The Labute approximate surface area is 173 Å². The number of nitrogens with one attached hydrogen (secondary N) is 2. The van der Waals surface area contributed by atoms with Crippen molar-refractivity contribution in [2.45, 2.75) is 32.2 Å². The first-order chi connectivity index (χ1) is 14.5. The van der Waals surface area contributed by atoms with Crippen LogP contribution in [0.4, 0.5) is 17.5 Å². The second-order valence-electron chi connectivity index (χ2n) is 7.95. The van der Waals surface area contributed by atoms with Crippen molar-refractivity contribution in [3.63, 3.8) is 0 Å². The van der Waals surface area contributed by atoms with Gasteiger partial charge in [0.2, 0.25) is 5.71 Å². The SMILES string of the molecule is Cc1nc(NC2(C)CC2)c2c(C(=O)Nc3cnc(N4CCOCC4)cn3)coc2n1. The van der Waals surface area contributed by atoms with E-state index >= 15 is 0 Å². The molecule has 5 rings (SSSR count). The number of rotatable bonds is 5. The highest BCUT2D eigenvalue weighted by Crippen LogP contribution is 2.40. The van der Waals surface area contributed by atoms with Gasteiger partial charge >= 0.3 is 0 Å². The summed E-state index contributed by atoms with van der Waals surface area (Å²) in [5.74, 6) is 1.98. The number of nitrogens with zero attached hydrogens (tertiary/aromatic N) is 5. The first-order valence-electron chi connectivity index (χ1n) is 10.0. The number of morpholine rings is 1. The number of furan rings is 1. The van der Waals surface area contributed by atoms with E-state index in [2.05, 4.69) is 42.4 Å². The fourth-order valence-corrected chi connectivity index (χ4v) is 3.43. The normalized spacial score (nSPS) is 17.7. The van der Waals surface area contributed by atoms with Crippen molar-refractivity contribution < 1.29 is 13.9 Å². The molecule has 30 heavy (non-hydrogen) atoms. The summed E-state index contributed by atoms with van der Waals surface area (Å²) in [7, 11) is 0. The van der Waals surface area contributed by atoms with Crippen LogP contribution in [-0.2, 0) is 4.74 Å². The quantitative estimate of drug-likeness (QED) is 0.654. The van der Waals surface area contributed by atoms with E-state index in [4.69, 9.17) is 9.15 Å². The first kappa shape index (κ1) is 18.7. The van der Waals surface area contributed by atoms with Gasteiger partial charge < -0.3 is 24.7 Å². The van der Waals surface area contributed by atoms with Crippen LogP contribution in [0.3, 0.4) is 0 Å². The van der Waals surface area contributed by atoms with Gasteiger partial charge in [-0.2, -0.15) is 4.98 Å². The van der Waals surface area contributed by atoms with Crippen molar-refractivity contribution in [3.05, 3.63) is 30.0 Å². The van der Waals surface area contributed by atoms with Crippen molar-refractivity contribution in [1.82, 2.24) is 19.9 Å². The molecule has 0 bridgehead atoms. The van der Waals surface area contributed by atoms with Gasteiger partial charge in [0.05, 0.1) is 36.6 Å². The van der Waals surface area contributed by atoms with Gasteiger partial charge in [0.1, 0.15) is 23.7 Å². The maximum absolute atomic E-state index is 12.9. The molecule has 4 heterocycles. The molecule has 10 heteroatoms. The Balaban J connectivity index is 1.38. The molecule has 2 aliphatic rings. The standard InChI is InChI=1S/C20H23N7O3/c1-12-23-17(26-20(2)3-4-20)16-13(11-30-19(16)24-12)18(28)25-14-9-22-15(10-21-14)27-5-7-29-8-6-27/h9-11H,3-8H2,1-2H3,(H,21,25,28)(H,23,24,26). The van der Waals surface area contributed by atoms with Crippen LogP contribution in [0.25, 0.3) is 11.1 Å². The zero-order valence-electron chi connectivity index (χ0n) is 16.9. The van der Waals surface area contributed by atoms with Crippen molar-refractivity contribution >= 4 is 34.5 Å². The summed E-state index contributed by atoms with van der Waals surface area (Å²) < 4.78 is 10.9. The zero-order valence-corrected chi connectivity index (χ0v) is 16.9. The lowest BCUT2D eigenvalue weighted by atomic mass is 10.2. The fourth-order valence-electron chi connectivity index (χ4n) is 3.43. The second-order valence-corrected chi connectivity index (χ2v) is 7.95. The number of hydrogen-bond acceptors (Lipinski definition) is 9. The highest BCUT2D eigenvalue weighted by Gasteiger charge is 2.38. The molecule has 0 aromatic carbocycles. The van der Waals surface area contributed by atoms with E-state index in [-0.39, 0.29) is 11.4 Å². The Morgan fingerprint density at radius 3 is 2.67 bits per heavy atom. The van der Waals surface area contributed by atoms with E-state index in [1.54, 1.807) is 19.3 Å². The lowest BCUT2D eigenvalue weighted by Crippen LogP contribution is -2.36. The van der Waals surface area contributed by atoms with Crippen LogP contribution >= 0.6 is 0 Å². The van der Waals surface area contributed by atoms with Crippen molar-refractivity contribution in [1.29, 1.82) is 0 Å².